The summed E-state index contributed by atoms with van der Waals surface area (Å²) in [4.78, 5) is 9.66. The molecule has 0 radical (unpaired) electrons. The summed E-state index contributed by atoms with van der Waals surface area (Å²) in [6.07, 6.45) is 0. The van der Waals surface area contributed by atoms with Crippen molar-refractivity contribution in [3.63, 3.8) is 0 Å². The van der Waals surface area contributed by atoms with E-state index in [1.807, 2.05) is 0 Å². The van der Waals surface area contributed by atoms with Crippen LogP contribution < -0.4 is 0 Å². The van der Waals surface area contributed by atoms with Crippen LogP contribution in [-0.2, 0) is 9.84 Å². The molecule has 0 atom stereocenters. The molecule has 0 aromatic rings. The Morgan fingerprint density at radius 1 is 1.62 bits per heavy atom. The second kappa shape index (κ2) is 2.13. The Kier molecular flexibility index (Phi) is 1.97. The minimum absolute atomic E-state index is 0.345. The summed E-state index contributed by atoms with van der Waals surface area (Å²) in [5, 5.41) is 6.10. The minimum atomic E-state index is -3.82. The minimum Gasteiger partial charge on any atom is -0.470 e. The van der Waals surface area contributed by atoms with E-state index >= 15 is 0 Å². The van der Waals surface area contributed by atoms with Crippen LogP contribution in [0.25, 0.3) is 0 Å². The van der Waals surface area contributed by atoms with E-state index in [-0.39, 0.29) is 5.75 Å². The van der Waals surface area contributed by atoms with Crippen LogP contribution in [0.4, 0.5) is 4.79 Å². The molecule has 0 heterocycles. The van der Waals surface area contributed by atoms with Crippen molar-refractivity contribution in [2.45, 2.75) is 6.92 Å². The molecule has 5 heteroatoms. The predicted octanol–water partition coefficient (Wildman–Crippen LogP) is 0.0991. The zero-order valence-electron chi connectivity index (χ0n) is 4.29. The Bertz CT molecular complexity index is 177. The first-order chi connectivity index (χ1) is 3.50. The van der Waals surface area contributed by atoms with Crippen LogP contribution in [0.15, 0.2) is 0 Å². The molecular formula is C3H6O4S. The third-order valence-corrected chi connectivity index (χ3v) is 1.94. The first kappa shape index (κ1) is 7.42. The van der Waals surface area contributed by atoms with Gasteiger partial charge in [0.15, 0.2) is 0 Å². The largest absolute Gasteiger partial charge is 0.470 e. The number of hydrogen-bond acceptors (Lipinski definition) is 3. The van der Waals surface area contributed by atoms with Crippen molar-refractivity contribution in [1.29, 1.82) is 0 Å². The van der Waals surface area contributed by atoms with Gasteiger partial charge in [-0.25, -0.2) is 13.2 Å². The lowest BCUT2D eigenvalue weighted by molar-refractivity contribution is 0.219. The van der Waals surface area contributed by atoms with Crippen molar-refractivity contribution >= 4 is 15.1 Å². The van der Waals surface area contributed by atoms with Gasteiger partial charge in [-0.05, 0) is 0 Å². The Labute approximate surface area is 47.1 Å². The van der Waals surface area contributed by atoms with Gasteiger partial charge in [-0.3, -0.25) is 0 Å². The number of carboxylic acid groups (broad SMARTS) is 1. The number of carbonyl (C=O) groups is 1. The fraction of sp³-hybridized carbons (Fsp3) is 0.667. The summed E-state index contributed by atoms with van der Waals surface area (Å²) < 4.78 is 20.2. The lowest BCUT2D eigenvalue weighted by atomic mass is 11.0. The van der Waals surface area contributed by atoms with E-state index in [0.717, 1.165) is 0 Å². The third-order valence-electron chi connectivity index (χ3n) is 0.646. The Hall–Kier alpha value is -0.580. The lowest BCUT2D eigenvalue weighted by Crippen LogP contribution is -2.13. The average Bonchev–Trinajstić information content (AvgIpc) is 1.67. The van der Waals surface area contributed by atoms with E-state index in [4.69, 9.17) is 5.11 Å². The molecule has 0 aliphatic heterocycles. The van der Waals surface area contributed by atoms with Gasteiger partial charge in [-0.1, -0.05) is 6.92 Å². The molecule has 0 spiro atoms. The Balaban J connectivity index is 4.42. The Morgan fingerprint density at radius 3 is 2.00 bits per heavy atom. The second-order valence-corrected chi connectivity index (χ2v) is 3.33. The second-order valence-electron chi connectivity index (χ2n) is 1.17. The van der Waals surface area contributed by atoms with Crippen molar-refractivity contribution in [2.24, 2.45) is 0 Å². The zero-order chi connectivity index (χ0) is 6.78. The lowest BCUT2D eigenvalue weighted by Gasteiger charge is -1.87. The van der Waals surface area contributed by atoms with Gasteiger partial charge in [0.1, 0.15) is 0 Å². The topological polar surface area (TPSA) is 71.4 Å². The van der Waals surface area contributed by atoms with E-state index in [1.54, 1.807) is 0 Å². The molecule has 0 fully saturated rings. The molecule has 0 aliphatic carbocycles. The third kappa shape index (κ3) is 1.49. The van der Waals surface area contributed by atoms with Crippen molar-refractivity contribution in [1.82, 2.24) is 0 Å². The van der Waals surface area contributed by atoms with Crippen LogP contribution in [0.1, 0.15) is 6.92 Å². The van der Waals surface area contributed by atoms with Crippen LogP contribution in [0, 0.1) is 0 Å². The van der Waals surface area contributed by atoms with E-state index in [2.05, 4.69) is 0 Å². The molecule has 0 aromatic heterocycles. The SMILES string of the molecule is CCS(=O)(=O)C(=O)O. The summed E-state index contributed by atoms with van der Waals surface area (Å²) in [5.74, 6) is -0.345. The molecule has 0 aliphatic rings. The molecule has 0 amide bonds. The summed E-state index contributed by atoms with van der Waals surface area (Å²) in [6, 6.07) is 0. The van der Waals surface area contributed by atoms with Gasteiger partial charge in [0.05, 0.1) is 5.75 Å². The van der Waals surface area contributed by atoms with Gasteiger partial charge in [-0.15, -0.1) is 0 Å². The molecule has 0 unspecified atom stereocenters. The van der Waals surface area contributed by atoms with Crippen LogP contribution >= 0.6 is 0 Å². The van der Waals surface area contributed by atoms with Crippen molar-refractivity contribution < 1.29 is 18.3 Å². The van der Waals surface area contributed by atoms with E-state index in [0.29, 0.717) is 0 Å². The molecule has 1 N–H and O–H groups in total. The molecular weight excluding hydrogens is 132 g/mol. The van der Waals surface area contributed by atoms with Crippen molar-refractivity contribution in [2.75, 3.05) is 5.75 Å². The maximum atomic E-state index is 10.1. The quantitative estimate of drug-likeness (QED) is 0.557. The Morgan fingerprint density at radius 2 is 2.00 bits per heavy atom. The fourth-order valence-corrected chi connectivity index (χ4v) is 0.370. The molecule has 0 bridgehead atoms. The molecule has 8 heavy (non-hydrogen) atoms. The number of hydrogen-bond donors (Lipinski definition) is 1. The molecule has 48 valence electrons. The van der Waals surface area contributed by atoms with Crippen LogP contribution in [0.3, 0.4) is 0 Å². The van der Waals surface area contributed by atoms with Gasteiger partial charge in [0, 0.05) is 0 Å². The van der Waals surface area contributed by atoms with Crippen LogP contribution in [-0.4, -0.2) is 24.6 Å². The van der Waals surface area contributed by atoms with E-state index < -0.39 is 15.1 Å². The van der Waals surface area contributed by atoms with E-state index in [9.17, 15) is 13.2 Å². The van der Waals surface area contributed by atoms with Gasteiger partial charge in [0.25, 0.3) is 0 Å². The maximum Gasteiger partial charge on any atom is 0.422 e. The normalized spacial score (nSPS) is 11.1. The standard InChI is InChI=1S/C3H6O4S/c1-2-8(6,7)3(4)5/h2H2,1H3,(H,4,5). The van der Waals surface area contributed by atoms with E-state index in [1.165, 1.54) is 6.92 Å². The first-order valence-corrected chi connectivity index (χ1v) is 3.61. The smallest absolute Gasteiger partial charge is 0.422 e. The maximum absolute atomic E-state index is 10.1. The molecule has 0 saturated carbocycles. The van der Waals surface area contributed by atoms with Crippen LogP contribution in [0.2, 0.25) is 0 Å². The van der Waals surface area contributed by atoms with Gasteiger partial charge in [0.2, 0.25) is 9.84 Å². The highest BCUT2D eigenvalue weighted by Gasteiger charge is 2.16. The van der Waals surface area contributed by atoms with Gasteiger partial charge in [-0.2, -0.15) is 0 Å². The molecule has 0 aromatic carbocycles. The summed E-state index contributed by atoms with van der Waals surface area (Å²) in [6.45, 7) is 1.28. The van der Waals surface area contributed by atoms with Gasteiger partial charge < -0.3 is 5.11 Å². The van der Waals surface area contributed by atoms with Crippen molar-refractivity contribution in [3.8, 4) is 0 Å². The molecule has 0 saturated heterocycles. The first-order valence-electron chi connectivity index (χ1n) is 1.96. The highest BCUT2D eigenvalue weighted by molar-refractivity contribution is 8.05. The molecule has 4 nitrogen and oxygen atoms in total. The van der Waals surface area contributed by atoms with Crippen molar-refractivity contribution in [3.05, 3.63) is 0 Å². The van der Waals surface area contributed by atoms with Crippen LogP contribution in [0.5, 0.6) is 0 Å². The number of sulfone groups is 1. The average molecular weight is 138 g/mol. The highest BCUT2D eigenvalue weighted by atomic mass is 32.2. The summed E-state index contributed by atoms with van der Waals surface area (Å²) in [7, 11) is -3.82. The predicted molar refractivity (Wildman–Crippen MR) is 27.5 cm³/mol. The number of rotatable bonds is 1. The monoisotopic (exact) mass is 138 g/mol. The molecule has 0 rings (SSSR count). The zero-order valence-corrected chi connectivity index (χ0v) is 5.10. The summed E-state index contributed by atoms with van der Waals surface area (Å²) in [5.41, 5.74) is 0. The highest BCUT2D eigenvalue weighted by Crippen LogP contribution is 1.88. The summed E-state index contributed by atoms with van der Waals surface area (Å²) >= 11 is 0. The fourth-order valence-electron chi connectivity index (χ4n) is 0.123. The van der Waals surface area contributed by atoms with Gasteiger partial charge >= 0.3 is 5.30 Å².